The largest absolute Gasteiger partial charge is 0.353 e. The fourth-order valence-electron chi connectivity index (χ4n) is 4.59. The van der Waals surface area contributed by atoms with Crippen LogP contribution < -0.4 is 5.32 Å². The standard InChI is InChI=1S/C27H37N3O2/c1-20(2)29-25(32)27(13-8-16-30(19-27)24(31)18-26(3,4)5)17-22-9-6-7-10-23(22)21-11-14-28-15-12-21/h6-7,9-12,14-15,20H,8,13,16-19H2,1-5H3,(H,29,32)/t27-/m1/s1. The number of hydrogen-bond acceptors (Lipinski definition) is 3. The molecule has 0 radical (unpaired) electrons. The molecule has 0 bridgehead atoms. The third kappa shape index (κ3) is 5.96. The zero-order valence-electron chi connectivity index (χ0n) is 20.1. The Bertz CT molecular complexity index is 933. The van der Waals surface area contributed by atoms with Gasteiger partial charge in [-0.05, 0) is 67.3 Å². The molecule has 1 aliphatic heterocycles. The van der Waals surface area contributed by atoms with Crippen molar-refractivity contribution in [2.45, 2.75) is 66.3 Å². The smallest absolute Gasteiger partial charge is 0.228 e. The van der Waals surface area contributed by atoms with Crippen LogP contribution in [-0.2, 0) is 16.0 Å². The number of nitrogens with zero attached hydrogens (tertiary/aromatic N) is 2. The van der Waals surface area contributed by atoms with E-state index in [2.05, 4.69) is 43.2 Å². The summed E-state index contributed by atoms with van der Waals surface area (Å²) in [5.41, 5.74) is 2.61. The Labute approximate surface area is 192 Å². The van der Waals surface area contributed by atoms with E-state index in [1.165, 1.54) is 0 Å². The topological polar surface area (TPSA) is 62.3 Å². The molecule has 3 rings (SSSR count). The van der Waals surface area contributed by atoms with E-state index in [0.717, 1.165) is 36.1 Å². The molecule has 1 aromatic carbocycles. The van der Waals surface area contributed by atoms with Crippen molar-refractivity contribution in [3.05, 3.63) is 54.4 Å². The summed E-state index contributed by atoms with van der Waals surface area (Å²) >= 11 is 0. The van der Waals surface area contributed by atoms with Gasteiger partial charge in [0.1, 0.15) is 0 Å². The van der Waals surface area contributed by atoms with Crippen molar-refractivity contribution in [2.24, 2.45) is 10.8 Å². The van der Waals surface area contributed by atoms with Crippen molar-refractivity contribution < 1.29 is 9.59 Å². The molecule has 0 saturated carbocycles. The lowest BCUT2D eigenvalue weighted by Crippen LogP contribution is -2.55. The average Bonchev–Trinajstić information content (AvgIpc) is 2.73. The van der Waals surface area contributed by atoms with Crippen LogP contribution in [0.4, 0.5) is 0 Å². The molecule has 1 aliphatic rings. The van der Waals surface area contributed by atoms with Crippen LogP contribution in [0.25, 0.3) is 11.1 Å². The molecule has 5 nitrogen and oxygen atoms in total. The van der Waals surface area contributed by atoms with Gasteiger partial charge in [0.05, 0.1) is 5.41 Å². The van der Waals surface area contributed by atoms with Gasteiger partial charge in [-0.25, -0.2) is 0 Å². The van der Waals surface area contributed by atoms with E-state index in [1.807, 2.05) is 43.0 Å². The summed E-state index contributed by atoms with van der Waals surface area (Å²) in [6.45, 7) is 11.4. The van der Waals surface area contributed by atoms with Crippen molar-refractivity contribution in [2.75, 3.05) is 13.1 Å². The average molecular weight is 436 g/mol. The second kappa shape index (κ2) is 9.85. The van der Waals surface area contributed by atoms with Gasteiger partial charge in [-0.1, -0.05) is 45.0 Å². The van der Waals surface area contributed by atoms with Crippen LogP contribution in [-0.4, -0.2) is 40.8 Å². The van der Waals surface area contributed by atoms with Crippen LogP contribution in [0, 0.1) is 10.8 Å². The highest BCUT2D eigenvalue weighted by Gasteiger charge is 2.44. The Morgan fingerprint density at radius 1 is 1.12 bits per heavy atom. The van der Waals surface area contributed by atoms with Crippen molar-refractivity contribution >= 4 is 11.8 Å². The second-order valence-corrected chi connectivity index (χ2v) is 10.6. The molecule has 1 N–H and O–H groups in total. The minimum absolute atomic E-state index is 0.0466. The molecule has 1 fully saturated rings. The summed E-state index contributed by atoms with van der Waals surface area (Å²) in [4.78, 5) is 32.7. The maximum atomic E-state index is 13.6. The van der Waals surface area contributed by atoms with Crippen LogP contribution in [0.5, 0.6) is 0 Å². The molecule has 0 unspecified atom stereocenters. The number of hydrogen-bond donors (Lipinski definition) is 1. The van der Waals surface area contributed by atoms with E-state index < -0.39 is 5.41 Å². The number of carbonyl (C=O) groups excluding carboxylic acids is 2. The van der Waals surface area contributed by atoms with Gasteiger partial charge in [-0.3, -0.25) is 14.6 Å². The Morgan fingerprint density at radius 2 is 1.81 bits per heavy atom. The third-order valence-electron chi connectivity index (χ3n) is 6.05. The molecule has 172 valence electrons. The van der Waals surface area contributed by atoms with Crippen molar-refractivity contribution in [3.63, 3.8) is 0 Å². The minimum Gasteiger partial charge on any atom is -0.353 e. The number of benzene rings is 1. The zero-order chi connectivity index (χ0) is 23.4. The molecule has 1 aromatic heterocycles. The molecule has 5 heteroatoms. The first kappa shape index (κ1) is 24.0. The van der Waals surface area contributed by atoms with Crippen LogP contribution in [0.2, 0.25) is 0 Å². The van der Waals surface area contributed by atoms with Gasteiger partial charge < -0.3 is 10.2 Å². The van der Waals surface area contributed by atoms with Gasteiger partial charge in [0.15, 0.2) is 0 Å². The number of amides is 2. The lowest BCUT2D eigenvalue weighted by molar-refractivity contribution is -0.143. The molecule has 1 saturated heterocycles. The monoisotopic (exact) mass is 435 g/mol. The van der Waals surface area contributed by atoms with Gasteiger partial charge in [0, 0.05) is 37.9 Å². The normalized spacial score (nSPS) is 19.1. The number of aromatic nitrogens is 1. The number of pyridine rings is 1. The summed E-state index contributed by atoms with van der Waals surface area (Å²) in [6.07, 6.45) is 6.28. The van der Waals surface area contributed by atoms with E-state index in [1.54, 1.807) is 12.4 Å². The van der Waals surface area contributed by atoms with Gasteiger partial charge in [0.25, 0.3) is 0 Å². The van der Waals surface area contributed by atoms with Crippen LogP contribution in [0.3, 0.4) is 0 Å². The maximum Gasteiger partial charge on any atom is 0.228 e. The Hall–Kier alpha value is -2.69. The highest BCUT2D eigenvalue weighted by atomic mass is 16.2. The fraction of sp³-hybridized carbons (Fsp3) is 0.519. The lowest BCUT2D eigenvalue weighted by Gasteiger charge is -2.43. The third-order valence-corrected chi connectivity index (χ3v) is 6.05. The highest BCUT2D eigenvalue weighted by molar-refractivity contribution is 5.86. The van der Waals surface area contributed by atoms with E-state index in [4.69, 9.17) is 0 Å². The number of nitrogens with one attached hydrogen (secondary N) is 1. The summed E-state index contributed by atoms with van der Waals surface area (Å²) < 4.78 is 0. The molecular weight excluding hydrogens is 398 g/mol. The van der Waals surface area contributed by atoms with E-state index in [0.29, 0.717) is 19.4 Å². The predicted octanol–water partition coefficient (Wildman–Crippen LogP) is 4.86. The SMILES string of the molecule is CC(C)NC(=O)[C@@]1(Cc2ccccc2-c2ccncc2)CCCN(C(=O)CC(C)(C)C)C1. The van der Waals surface area contributed by atoms with Gasteiger partial charge in [-0.15, -0.1) is 0 Å². The quantitative estimate of drug-likeness (QED) is 0.705. The molecule has 2 amide bonds. The van der Waals surface area contributed by atoms with Crippen LogP contribution in [0.15, 0.2) is 48.8 Å². The summed E-state index contributed by atoms with van der Waals surface area (Å²) in [5.74, 6) is 0.187. The minimum atomic E-state index is -0.640. The molecule has 32 heavy (non-hydrogen) atoms. The van der Waals surface area contributed by atoms with E-state index >= 15 is 0 Å². The van der Waals surface area contributed by atoms with Crippen molar-refractivity contribution in [3.8, 4) is 11.1 Å². The van der Waals surface area contributed by atoms with Crippen molar-refractivity contribution in [1.82, 2.24) is 15.2 Å². The number of carbonyl (C=O) groups is 2. The molecular formula is C27H37N3O2. The first-order valence-corrected chi connectivity index (χ1v) is 11.7. The summed E-state index contributed by atoms with van der Waals surface area (Å²) in [7, 11) is 0. The number of likely N-dealkylation sites (tertiary alicyclic amines) is 1. The van der Waals surface area contributed by atoms with E-state index in [9.17, 15) is 9.59 Å². The Kier molecular flexibility index (Phi) is 7.37. The first-order chi connectivity index (χ1) is 15.1. The highest BCUT2D eigenvalue weighted by Crippen LogP contribution is 2.38. The predicted molar refractivity (Wildman–Crippen MR) is 129 cm³/mol. The molecule has 1 atom stereocenters. The van der Waals surface area contributed by atoms with Gasteiger partial charge >= 0.3 is 0 Å². The zero-order valence-corrected chi connectivity index (χ0v) is 20.1. The molecule has 0 spiro atoms. The van der Waals surface area contributed by atoms with Gasteiger partial charge in [0.2, 0.25) is 11.8 Å². The Balaban J connectivity index is 1.96. The van der Waals surface area contributed by atoms with Crippen molar-refractivity contribution in [1.29, 1.82) is 0 Å². The second-order valence-electron chi connectivity index (χ2n) is 10.6. The first-order valence-electron chi connectivity index (χ1n) is 11.7. The fourth-order valence-corrected chi connectivity index (χ4v) is 4.59. The molecule has 2 aromatic rings. The molecule has 0 aliphatic carbocycles. The number of rotatable bonds is 6. The van der Waals surface area contributed by atoms with Crippen LogP contribution in [0.1, 0.15) is 59.4 Å². The van der Waals surface area contributed by atoms with Crippen LogP contribution >= 0.6 is 0 Å². The maximum absolute atomic E-state index is 13.6. The summed E-state index contributed by atoms with van der Waals surface area (Å²) in [6, 6.07) is 12.3. The summed E-state index contributed by atoms with van der Waals surface area (Å²) in [5, 5.41) is 3.15. The Morgan fingerprint density at radius 3 is 2.47 bits per heavy atom. The molecule has 2 heterocycles. The lowest BCUT2D eigenvalue weighted by atomic mass is 9.72. The van der Waals surface area contributed by atoms with Gasteiger partial charge in [-0.2, -0.15) is 0 Å². The van der Waals surface area contributed by atoms with E-state index in [-0.39, 0.29) is 23.3 Å². The number of piperidine rings is 1.